The molecule has 0 aliphatic rings. The van der Waals surface area contributed by atoms with E-state index in [9.17, 15) is 9.59 Å². The molecule has 0 saturated carbocycles. The molecule has 0 aliphatic heterocycles. The molecule has 0 saturated heterocycles. The fourth-order valence-electron chi connectivity index (χ4n) is 1.41. The number of nitrogens with one attached hydrogen (secondary N) is 1. The van der Waals surface area contributed by atoms with Crippen molar-refractivity contribution in [3.05, 3.63) is 11.3 Å². The molecule has 0 atom stereocenters. The summed E-state index contributed by atoms with van der Waals surface area (Å²) < 4.78 is 4.00. The van der Waals surface area contributed by atoms with Crippen LogP contribution in [0, 0.1) is 6.92 Å². The molecule has 0 fully saturated rings. The molecule has 6 nitrogen and oxygen atoms in total. The van der Waals surface area contributed by atoms with Crippen LogP contribution < -0.4 is 10.2 Å². The molecule has 1 rings (SSSR count). The van der Waals surface area contributed by atoms with Gasteiger partial charge in [0.15, 0.2) is 0 Å². The minimum absolute atomic E-state index is 0.0941. The van der Waals surface area contributed by atoms with Crippen LogP contribution in [0.1, 0.15) is 36.8 Å². The van der Waals surface area contributed by atoms with E-state index in [2.05, 4.69) is 9.69 Å². The van der Waals surface area contributed by atoms with Gasteiger partial charge in [-0.3, -0.25) is 4.79 Å². The number of anilines is 1. The van der Waals surface area contributed by atoms with Crippen LogP contribution in [-0.4, -0.2) is 40.5 Å². The molecule has 1 aromatic rings. The van der Waals surface area contributed by atoms with Crippen LogP contribution in [0.3, 0.4) is 0 Å². The lowest BCUT2D eigenvalue weighted by Crippen LogP contribution is -2.44. The van der Waals surface area contributed by atoms with Crippen LogP contribution in [0.25, 0.3) is 0 Å². The Balaban J connectivity index is 2.86. The maximum Gasteiger partial charge on any atom is 0.340 e. The van der Waals surface area contributed by atoms with Crippen molar-refractivity contribution in [2.75, 3.05) is 18.5 Å². The van der Waals surface area contributed by atoms with Crippen molar-refractivity contribution in [1.82, 2.24) is 9.69 Å². The van der Waals surface area contributed by atoms with Crippen LogP contribution in [0.2, 0.25) is 0 Å². The van der Waals surface area contributed by atoms with E-state index in [1.807, 2.05) is 20.8 Å². The number of hydrogen-bond donors (Lipinski definition) is 2. The maximum atomic E-state index is 12.0. The molecule has 0 radical (unpaired) electrons. The Bertz CT molecular complexity index is 491. The molecule has 0 spiro atoms. The number of carboxylic acid groups (broad SMARTS) is 1. The van der Waals surface area contributed by atoms with Gasteiger partial charge >= 0.3 is 5.97 Å². The highest BCUT2D eigenvalue weighted by Gasteiger charge is 2.24. The van der Waals surface area contributed by atoms with E-state index < -0.39 is 5.97 Å². The highest BCUT2D eigenvalue weighted by atomic mass is 32.1. The van der Waals surface area contributed by atoms with E-state index in [1.54, 1.807) is 14.0 Å². The van der Waals surface area contributed by atoms with Gasteiger partial charge in [-0.25, -0.2) is 4.79 Å². The standard InChI is InChI=1S/C12H19N3O3S/c1-7-9(11(17)18)10(19-14-7)15(5)8(16)6-13-12(2,3)4/h13H,6H2,1-5H3,(H,17,18). The molecular weight excluding hydrogens is 266 g/mol. The Morgan fingerprint density at radius 3 is 2.47 bits per heavy atom. The van der Waals surface area contributed by atoms with Gasteiger partial charge in [-0.05, 0) is 39.2 Å². The van der Waals surface area contributed by atoms with E-state index >= 15 is 0 Å². The first kappa shape index (κ1) is 15.6. The zero-order chi connectivity index (χ0) is 14.8. The quantitative estimate of drug-likeness (QED) is 0.876. The summed E-state index contributed by atoms with van der Waals surface area (Å²) in [6.07, 6.45) is 0. The van der Waals surface area contributed by atoms with E-state index in [-0.39, 0.29) is 23.6 Å². The third-order valence-electron chi connectivity index (χ3n) is 2.51. The van der Waals surface area contributed by atoms with Crippen molar-refractivity contribution in [2.45, 2.75) is 33.2 Å². The monoisotopic (exact) mass is 285 g/mol. The number of amides is 1. The first-order chi connectivity index (χ1) is 8.63. The zero-order valence-corrected chi connectivity index (χ0v) is 12.6. The second-order valence-electron chi connectivity index (χ2n) is 5.31. The van der Waals surface area contributed by atoms with Crippen molar-refractivity contribution in [3.63, 3.8) is 0 Å². The zero-order valence-electron chi connectivity index (χ0n) is 11.8. The number of carboxylic acids is 1. The number of rotatable bonds is 4. The largest absolute Gasteiger partial charge is 0.478 e. The fourth-order valence-corrected chi connectivity index (χ4v) is 2.27. The van der Waals surface area contributed by atoms with Gasteiger partial charge in [-0.2, -0.15) is 4.37 Å². The SMILES string of the molecule is Cc1nsc(N(C)C(=O)CNC(C)(C)C)c1C(=O)O. The summed E-state index contributed by atoms with van der Waals surface area (Å²) in [5, 5.41) is 12.6. The second kappa shape index (κ2) is 5.66. The maximum absolute atomic E-state index is 12.0. The first-order valence-corrected chi connectivity index (χ1v) is 6.62. The number of carbonyl (C=O) groups is 2. The Kier molecular flexibility index (Phi) is 4.65. The molecule has 2 N–H and O–H groups in total. The van der Waals surface area contributed by atoms with Crippen molar-refractivity contribution in [3.8, 4) is 0 Å². The van der Waals surface area contributed by atoms with Crippen molar-refractivity contribution in [1.29, 1.82) is 0 Å². The van der Waals surface area contributed by atoms with Crippen molar-refractivity contribution in [2.24, 2.45) is 0 Å². The molecule has 7 heteroatoms. The molecule has 1 heterocycles. The minimum atomic E-state index is -1.07. The topological polar surface area (TPSA) is 82.5 Å². The van der Waals surface area contributed by atoms with Crippen LogP contribution in [-0.2, 0) is 4.79 Å². The van der Waals surface area contributed by atoms with E-state index in [4.69, 9.17) is 5.11 Å². The van der Waals surface area contributed by atoms with Gasteiger partial charge in [0.25, 0.3) is 0 Å². The van der Waals surface area contributed by atoms with Gasteiger partial charge < -0.3 is 15.3 Å². The average molecular weight is 285 g/mol. The number of hydrogen-bond acceptors (Lipinski definition) is 5. The lowest BCUT2D eigenvalue weighted by molar-refractivity contribution is -0.117. The lowest BCUT2D eigenvalue weighted by atomic mass is 10.1. The van der Waals surface area contributed by atoms with Gasteiger partial charge in [-0.1, -0.05) is 0 Å². The molecule has 1 aromatic heterocycles. The highest BCUT2D eigenvalue weighted by molar-refractivity contribution is 7.11. The number of carbonyl (C=O) groups excluding carboxylic acids is 1. The summed E-state index contributed by atoms with van der Waals surface area (Å²) in [5.74, 6) is -1.26. The third kappa shape index (κ3) is 4.00. The number of aromatic carboxylic acids is 1. The van der Waals surface area contributed by atoms with Crippen LogP contribution >= 0.6 is 11.5 Å². The van der Waals surface area contributed by atoms with E-state index in [1.165, 1.54) is 4.90 Å². The summed E-state index contributed by atoms with van der Waals surface area (Å²) in [5.41, 5.74) is 0.350. The number of nitrogens with zero attached hydrogens (tertiary/aromatic N) is 2. The lowest BCUT2D eigenvalue weighted by Gasteiger charge is -2.22. The van der Waals surface area contributed by atoms with Gasteiger partial charge in [0.2, 0.25) is 5.91 Å². The van der Waals surface area contributed by atoms with Gasteiger partial charge in [-0.15, -0.1) is 0 Å². The summed E-state index contributed by atoms with van der Waals surface area (Å²) >= 11 is 1.02. The van der Waals surface area contributed by atoms with Crippen molar-refractivity contribution >= 4 is 28.4 Å². The summed E-state index contributed by atoms with van der Waals surface area (Å²) in [7, 11) is 1.56. The minimum Gasteiger partial charge on any atom is -0.478 e. The molecule has 0 aromatic carbocycles. The molecule has 0 unspecified atom stereocenters. The Labute approximate surface area is 116 Å². The van der Waals surface area contributed by atoms with Gasteiger partial charge in [0.05, 0.1) is 12.2 Å². The van der Waals surface area contributed by atoms with Gasteiger partial charge in [0, 0.05) is 12.6 Å². The molecule has 1 amide bonds. The van der Waals surface area contributed by atoms with E-state index in [0.717, 1.165) is 11.5 Å². The van der Waals surface area contributed by atoms with Crippen LogP contribution in [0.4, 0.5) is 5.00 Å². The Hall–Kier alpha value is -1.47. The fraction of sp³-hybridized carbons (Fsp3) is 0.583. The summed E-state index contributed by atoms with van der Waals surface area (Å²) in [4.78, 5) is 24.5. The first-order valence-electron chi connectivity index (χ1n) is 5.84. The third-order valence-corrected chi connectivity index (χ3v) is 3.52. The van der Waals surface area contributed by atoms with Gasteiger partial charge in [0.1, 0.15) is 10.6 Å². The van der Waals surface area contributed by atoms with Crippen molar-refractivity contribution < 1.29 is 14.7 Å². The second-order valence-corrected chi connectivity index (χ2v) is 6.06. The predicted molar refractivity (Wildman–Crippen MR) is 75.0 cm³/mol. The van der Waals surface area contributed by atoms with Crippen LogP contribution in [0.5, 0.6) is 0 Å². The molecular formula is C12H19N3O3S. The average Bonchev–Trinajstić information content (AvgIpc) is 2.66. The molecule has 0 aliphatic carbocycles. The number of aromatic nitrogens is 1. The number of likely N-dealkylation sites (N-methyl/N-ethyl adjacent to an activating group) is 1. The smallest absolute Gasteiger partial charge is 0.340 e. The Morgan fingerprint density at radius 1 is 1.42 bits per heavy atom. The normalized spacial score (nSPS) is 11.4. The highest BCUT2D eigenvalue weighted by Crippen LogP contribution is 2.27. The number of aryl methyl sites for hydroxylation is 1. The molecule has 106 valence electrons. The van der Waals surface area contributed by atoms with Crippen LogP contribution in [0.15, 0.2) is 0 Å². The summed E-state index contributed by atoms with van der Waals surface area (Å²) in [6, 6.07) is 0. The Morgan fingerprint density at radius 2 is 2.00 bits per heavy atom. The molecule has 0 bridgehead atoms. The molecule has 19 heavy (non-hydrogen) atoms. The predicted octanol–water partition coefficient (Wildman–Crippen LogP) is 1.50. The van der Waals surface area contributed by atoms with E-state index in [0.29, 0.717) is 10.7 Å². The summed E-state index contributed by atoms with van der Waals surface area (Å²) in [6.45, 7) is 7.64.